The number of carbonyl (C=O) groups is 3. The van der Waals surface area contributed by atoms with E-state index in [1.54, 1.807) is 18.2 Å². The molecule has 0 spiro atoms. The lowest BCUT2D eigenvalue weighted by molar-refractivity contribution is -0.120. The number of carbonyl (C=O) groups excluding carboxylic acids is 3. The maximum Gasteiger partial charge on any atom is 0.261 e. The first-order valence-electron chi connectivity index (χ1n) is 10.4. The number of imide groups is 1. The van der Waals surface area contributed by atoms with Gasteiger partial charge in [0.2, 0.25) is 5.91 Å². The van der Waals surface area contributed by atoms with Crippen molar-refractivity contribution in [3.63, 3.8) is 0 Å². The van der Waals surface area contributed by atoms with Crippen molar-refractivity contribution in [2.24, 2.45) is 5.92 Å². The van der Waals surface area contributed by atoms with Gasteiger partial charge < -0.3 is 5.32 Å². The number of hydrogen-bond acceptors (Lipinski definition) is 3. The Morgan fingerprint density at radius 3 is 2.30 bits per heavy atom. The Morgan fingerprint density at radius 2 is 1.67 bits per heavy atom. The SMILES string of the molecule is CCCC(CCC)C(=O)Nc1ccc2c(c1)C(=O)N(C1CCCCC1)C2=O. The first-order valence-corrected chi connectivity index (χ1v) is 10.4. The van der Waals surface area contributed by atoms with Gasteiger partial charge in [-0.15, -0.1) is 0 Å². The van der Waals surface area contributed by atoms with Crippen LogP contribution in [0.5, 0.6) is 0 Å². The molecule has 27 heavy (non-hydrogen) atoms. The molecule has 1 heterocycles. The summed E-state index contributed by atoms with van der Waals surface area (Å²) >= 11 is 0. The van der Waals surface area contributed by atoms with Crippen LogP contribution in [0.2, 0.25) is 0 Å². The van der Waals surface area contributed by atoms with Gasteiger partial charge in [-0.3, -0.25) is 19.3 Å². The Labute approximate surface area is 161 Å². The van der Waals surface area contributed by atoms with Crippen molar-refractivity contribution < 1.29 is 14.4 Å². The summed E-state index contributed by atoms with van der Waals surface area (Å²) in [7, 11) is 0. The zero-order valence-electron chi connectivity index (χ0n) is 16.4. The molecule has 1 aliphatic heterocycles. The average molecular weight is 370 g/mol. The van der Waals surface area contributed by atoms with Crippen molar-refractivity contribution in [2.45, 2.75) is 77.7 Å². The Bertz CT molecular complexity index is 716. The summed E-state index contributed by atoms with van der Waals surface area (Å²) in [4.78, 5) is 39.6. The fourth-order valence-corrected chi connectivity index (χ4v) is 4.36. The minimum absolute atomic E-state index is 0.000408. The number of fused-ring (bicyclic) bond motifs is 1. The number of nitrogens with zero attached hydrogens (tertiary/aromatic N) is 1. The molecule has 5 nitrogen and oxygen atoms in total. The van der Waals surface area contributed by atoms with E-state index in [1.165, 1.54) is 11.3 Å². The maximum absolute atomic E-state index is 12.9. The smallest absolute Gasteiger partial charge is 0.261 e. The second-order valence-corrected chi connectivity index (χ2v) is 7.80. The minimum atomic E-state index is -0.211. The van der Waals surface area contributed by atoms with Crippen molar-refractivity contribution in [3.8, 4) is 0 Å². The molecule has 3 rings (SSSR count). The molecular weight excluding hydrogens is 340 g/mol. The Hall–Kier alpha value is -2.17. The molecule has 0 radical (unpaired) electrons. The molecule has 1 N–H and O–H groups in total. The molecule has 5 heteroatoms. The van der Waals surface area contributed by atoms with E-state index in [0.29, 0.717) is 16.8 Å². The Kier molecular flexibility index (Phi) is 6.30. The van der Waals surface area contributed by atoms with E-state index in [2.05, 4.69) is 19.2 Å². The molecular formula is C22H30N2O3. The van der Waals surface area contributed by atoms with E-state index in [4.69, 9.17) is 0 Å². The maximum atomic E-state index is 12.9. The van der Waals surface area contributed by atoms with E-state index >= 15 is 0 Å². The number of rotatable bonds is 7. The molecule has 0 saturated heterocycles. The van der Waals surface area contributed by atoms with E-state index in [9.17, 15) is 14.4 Å². The van der Waals surface area contributed by atoms with Crippen molar-refractivity contribution in [2.75, 3.05) is 5.32 Å². The lowest BCUT2D eigenvalue weighted by Crippen LogP contribution is -2.40. The van der Waals surface area contributed by atoms with Crippen LogP contribution in [0.4, 0.5) is 5.69 Å². The molecule has 3 amide bonds. The van der Waals surface area contributed by atoms with E-state index in [-0.39, 0.29) is 29.7 Å². The second-order valence-electron chi connectivity index (χ2n) is 7.80. The molecule has 1 aromatic rings. The minimum Gasteiger partial charge on any atom is -0.326 e. The lowest BCUT2D eigenvalue weighted by atomic mass is 9.94. The number of amides is 3. The molecule has 1 fully saturated rings. The van der Waals surface area contributed by atoms with Crippen LogP contribution in [0.15, 0.2) is 18.2 Å². The number of nitrogens with one attached hydrogen (secondary N) is 1. The molecule has 0 bridgehead atoms. The molecule has 0 atom stereocenters. The van der Waals surface area contributed by atoms with Gasteiger partial charge in [-0.2, -0.15) is 0 Å². The van der Waals surface area contributed by atoms with Crippen LogP contribution in [0.1, 0.15) is 92.4 Å². The highest BCUT2D eigenvalue weighted by Gasteiger charge is 2.40. The van der Waals surface area contributed by atoms with Crippen LogP contribution < -0.4 is 5.32 Å². The van der Waals surface area contributed by atoms with Gasteiger partial charge in [0.25, 0.3) is 11.8 Å². The third kappa shape index (κ3) is 4.07. The van der Waals surface area contributed by atoms with Crippen LogP contribution in [-0.2, 0) is 4.79 Å². The molecule has 1 aliphatic carbocycles. The fourth-order valence-electron chi connectivity index (χ4n) is 4.36. The average Bonchev–Trinajstić information content (AvgIpc) is 2.92. The number of anilines is 1. The summed E-state index contributed by atoms with van der Waals surface area (Å²) in [6.45, 7) is 4.16. The molecule has 2 aliphatic rings. The summed E-state index contributed by atoms with van der Waals surface area (Å²) in [6.07, 6.45) is 8.74. The van der Waals surface area contributed by atoms with Gasteiger partial charge in [0, 0.05) is 17.6 Å². The van der Waals surface area contributed by atoms with Gasteiger partial charge in [0.05, 0.1) is 11.1 Å². The van der Waals surface area contributed by atoms with E-state index < -0.39 is 0 Å². The fraction of sp³-hybridized carbons (Fsp3) is 0.591. The first-order chi connectivity index (χ1) is 13.1. The van der Waals surface area contributed by atoms with Gasteiger partial charge >= 0.3 is 0 Å². The molecule has 1 saturated carbocycles. The van der Waals surface area contributed by atoms with Crippen molar-refractivity contribution in [1.82, 2.24) is 4.90 Å². The number of hydrogen-bond donors (Lipinski definition) is 1. The van der Waals surface area contributed by atoms with E-state index in [0.717, 1.165) is 51.4 Å². The highest BCUT2D eigenvalue weighted by molar-refractivity contribution is 6.22. The topological polar surface area (TPSA) is 66.5 Å². The van der Waals surface area contributed by atoms with Gasteiger partial charge in [0.15, 0.2) is 0 Å². The predicted molar refractivity (Wildman–Crippen MR) is 106 cm³/mol. The predicted octanol–water partition coefficient (Wildman–Crippen LogP) is 4.77. The summed E-state index contributed by atoms with van der Waals surface area (Å²) in [5.41, 5.74) is 1.48. The second kappa shape index (κ2) is 8.68. The molecule has 0 unspecified atom stereocenters. The van der Waals surface area contributed by atoms with Gasteiger partial charge in [-0.1, -0.05) is 46.0 Å². The van der Waals surface area contributed by atoms with E-state index in [1.807, 2.05) is 0 Å². The van der Waals surface area contributed by atoms with Crippen molar-refractivity contribution in [1.29, 1.82) is 0 Å². The monoisotopic (exact) mass is 370 g/mol. The quantitative estimate of drug-likeness (QED) is 0.703. The molecule has 1 aromatic carbocycles. The zero-order chi connectivity index (χ0) is 19.4. The lowest BCUT2D eigenvalue weighted by Gasteiger charge is -2.29. The Morgan fingerprint density at radius 1 is 1.04 bits per heavy atom. The summed E-state index contributed by atoms with van der Waals surface area (Å²) in [5.74, 6) is -0.407. The summed E-state index contributed by atoms with van der Waals surface area (Å²) < 4.78 is 0. The van der Waals surface area contributed by atoms with Crippen LogP contribution in [0.25, 0.3) is 0 Å². The van der Waals surface area contributed by atoms with Gasteiger partial charge in [0.1, 0.15) is 0 Å². The van der Waals surface area contributed by atoms with Gasteiger partial charge in [-0.05, 0) is 43.9 Å². The first kappa shape index (κ1) is 19.6. The van der Waals surface area contributed by atoms with Crippen molar-refractivity contribution >= 4 is 23.4 Å². The normalized spacial score (nSPS) is 17.5. The molecule has 146 valence electrons. The number of benzene rings is 1. The molecule has 0 aromatic heterocycles. The highest BCUT2D eigenvalue weighted by atomic mass is 16.2. The third-order valence-electron chi connectivity index (χ3n) is 5.77. The summed E-state index contributed by atoms with van der Waals surface area (Å²) in [5, 5.41) is 2.95. The van der Waals surface area contributed by atoms with Crippen LogP contribution in [-0.4, -0.2) is 28.7 Å². The zero-order valence-corrected chi connectivity index (χ0v) is 16.4. The van der Waals surface area contributed by atoms with Gasteiger partial charge in [-0.25, -0.2) is 0 Å². The standard InChI is InChI=1S/C22H30N2O3/c1-3-8-15(9-4-2)20(25)23-16-12-13-18-19(14-16)22(27)24(21(18)26)17-10-6-5-7-11-17/h12-15,17H,3-11H2,1-2H3,(H,23,25). The summed E-state index contributed by atoms with van der Waals surface area (Å²) in [6, 6.07) is 5.11. The Balaban J connectivity index is 1.76. The van der Waals surface area contributed by atoms with Crippen LogP contribution in [0, 0.1) is 5.92 Å². The third-order valence-corrected chi connectivity index (χ3v) is 5.77. The highest BCUT2D eigenvalue weighted by Crippen LogP contribution is 2.32. The van der Waals surface area contributed by atoms with Crippen LogP contribution in [0.3, 0.4) is 0 Å². The largest absolute Gasteiger partial charge is 0.326 e. The van der Waals surface area contributed by atoms with Crippen molar-refractivity contribution in [3.05, 3.63) is 29.3 Å². The van der Waals surface area contributed by atoms with Crippen LogP contribution >= 0.6 is 0 Å².